The van der Waals surface area contributed by atoms with Crippen LogP contribution in [0.2, 0.25) is 0 Å². The quantitative estimate of drug-likeness (QED) is 0.662. The second-order valence-electron chi connectivity index (χ2n) is 5.42. The van der Waals surface area contributed by atoms with E-state index in [1.165, 1.54) is 7.11 Å². The van der Waals surface area contributed by atoms with E-state index in [-0.39, 0.29) is 30.9 Å². The molecule has 0 aromatic heterocycles. The van der Waals surface area contributed by atoms with Gasteiger partial charge in [-0.05, 0) is 38.6 Å². The van der Waals surface area contributed by atoms with Gasteiger partial charge in [-0.2, -0.15) is 5.26 Å². The predicted octanol–water partition coefficient (Wildman–Crippen LogP) is 0.680. The zero-order valence-corrected chi connectivity index (χ0v) is 12.4. The van der Waals surface area contributed by atoms with E-state index in [0.717, 1.165) is 19.3 Å². The van der Waals surface area contributed by atoms with Gasteiger partial charge < -0.3 is 10.1 Å². The van der Waals surface area contributed by atoms with Crippen LogP contribution in [0.5, 0.6) is 0 Å². The molecule has 0 aromatic carbocycles. The first-order valence-corrected chi connectivity index (χ1v) is 6.96. The average Bonchev–Trinajstić information content (AvgIpc) is 3.23. The minimum Gasteiger partial charge on any atom is -0.468 e. The van der Waals surface area contributed by atoms with Crippen molar-refractivity contribution in [2.45, 2.75) is 38.6 Å². The number of nitrogens with one attached hydrogen (secondary N) is 1. The molecule has 0 bridgehead atoms. The van der Waals surface area contributed by atoms with Crippen LogP contribution in [0.25, 0.3) is 0 Å². The Balaban J connectivity index is 2.52. The van der Waals surface area contributed by atoms with E-state index in [4.69, 9.17) is 0 Å². The number of nitrogens with zero attached hydrogens (tertiary/aromatic N) is 2. The lowest BCUT2D eigenvalue weighted by molar-refractivity contribution is -0.142. The molecule has 1 amide bonds. The van der Waals surface area contributed by atoms with Crippen molar-refractivity contribution in [3.05, 3.63) is 0 Å². The van der Waals surface area contributed by atoms with Crippen molar-refractivity contribution in [1.29, 1.82) is 5.26 Å². The molecule has 1 fully saturated rings. The molecule has 1 rings (SSSR count). The summed E-state index contributed by atoms with van der Waals surface area (Å²) in [6.45, 7) is 4.56. The van der Waals surface area contributed by atoms with Crippen LogP contribution < -0.4 is 5.32 Å². The molecule has 6 nitrogen and oxygen atoms in total. The summed E-state index contributed by atoms with van der Waals surface area (Å²) in [4.78, 5) is 25.1. The molecule has 0 radical (unpaired) electrons. The summed E-state index contributed by atoms with van der Waals surface area (Å²) in [6.07, 6.45) is 2.79. The Labute approximate surface area is 120 Å². The van der Waals surface area contributed by atoms with Gasteiger partial charge in [-0.1, -0.05) is 6.92 Å². The Morgan fingerprint density at radius 1 is 1.45 bits per heavy atom. The van der Waals surface area contributed by atoms with Crippen molar-refractivity contribution in [2.24, 2.45) is 5.92 Å². The molecule has 1 N–H and O–H groups in total. The van der Waals surface area contributed by atoms with E-state index in [1.54, 1.807) is 11.8 Å². The Kier molecular flexibility index (Phi) is 5.96. The molecule has 20 heavy (non-hydrogen) atoms. The van der Waals surface area contributed by atoms with Crippen molar-refractivity contribution in [2.75, 3.05) is 26.7 Å². The van der Waals surface area contributed by atoms with Crippen LogP contribution in [0.3, 0.4) is 0 Å². The van der Waals surface area contributed by atoms with E-state index in [1.807, 2.05) is 6.92 Å². The fourth-order valence-corrected chi connectivity index (χ4v) is 2.19. The highest BCUT2D eigenvalue weighted by Gasteiger charge is 2.43. The van der Waals surface area contributed by atoms with Crippen LogP contribution in [0.4, 0.5) is 0 Å². The zero-order valence-electron chi connectivity index (χ0n) is 12.4. The van der Waals surface area contributed by atoms with Gasteiger partial charge in [-0.15, -0.1) is 0 Å². The van der Waals surface area contributed by atoms with Gasteiger partial charge in [0.2, 0.25) is 5.91 Å². The molecule has 112 valence electrons. The topological polar surface area (TPSA) is 82.4 Å². The predicted molar refractivity (Wildman–Crippen MR) is 73.6 cm³/mol. The Morgan fingerprint density at radius 2 is 2.10 bits per heavy atom. The lowest BCUT2D eigenvalue weighted by Gasteiger charge is -2.25. The van der Waals surface area contributed by atoms with E-state index in [9.17, 15) is 14.9 Å². The number of hydrogen-bond acceptors (Lipinski definition) is 5. The third kappa shape index (κ3) is 4.82. The van der Waals surface area contributed by atoms with Crippen molar-refractivity contribution in [3.8, 4) is 6.07 Å². The van der Waals surface area contributed by atoms with Gasteiger partial charge in [-0.25, -0.2) is 0 Å². The maximum Gasteiger partial charge on any atom is 0.319 e. The van der Waals surface area contributed by atoms with Gasteiger partial charge in [-0.3, -0.25) is 14.5 Å². The number of esters is 1. The lowest BCUT2D eigenvalue weighted by atomic mass is 9.98. The number of ether oxygens (including phenoxy) is 1. The Morgan fingerprint density at radius 3 is 2.55 bits per heavy atom. The van der Waals surface area contributed by atoms with Crippen LogP contribution in [-0.4, -0.2) is 49.1 Å². The fraction of sp³-hybridized carbons (Fsp3) is 0.786. The molecule has 0 aliphatic heterocycles. The maximum atomic E-state index is 12.0. The van der Waals surface area contributed by atoms with Crippen LogP contribution in [0.15, 0.2) is 0 Å². The summed E-state index contributed by atoms with van der Waals surface area (Å²) in [5.74, 6) is -0.341. The van der Waals surface area contributed by atoms with Crippen molar-refractivity contribution in [1.82, 2.24) is 10.2 Å². The first-order chi connectivity index (χ1) is 9.45. The van der Waals surface area contributed by atoms with E-state index < -0.39 is 5.54 Å². The highest BCUT2D eigenvalue weighted by Crippen LogP contribution is 2.39. The Hall–Kier alpha value is -1.61. The molecular formula is C14H23N3O3. The first-order valence-electron chi connectivity index (χ1n) is 6.96. The van der Waals surface area contributed by atoms with Gasteiger partial charge >= 0.3 is 5.97 Å². The van der Waals surface area contributed by atoms with Crippen LogP contribution >= 0.6 is 0 Å². The molecule has 1 saturated carbocycles. The summed E-state index contributed by atoms with van der Waals surface area (Å²) < 4.78 is 4.61. The number of methoxy groups -OCH3 is 1. The lowest BCUT2D eigenvalue weighted by Crippen LogP contribution is -2.50. The summed E-state index contributed by atoms with van der Waals surface area (Å²) in [7, 11) is 1.33. The van der Waals surface area contributed by atoms with Crippen LogP contribution in [0.1, 0.15) is 33.1 Å². The third-order valence-electron chi connectivity index (χ3n) is 3.51. The first kappa shape index (κ1) is 16.4. The van der Waals surface area contributed by atoms with Crippen molar-refractivity contribution < 1.29 is 14.3 Å². The minimum absolute atomic E-state index is 0.0878. The Bertz CT molecular complexity index is 401. The minimum atomic E-state index is -0.791. The van der Waals surface area contributed by atoms with Crippen LogP contribution in [0, 0.1) is 17.2 Å². The van der Waals surface area contributed by atoms with E-state index in [0.29, 0.717) is 6.54 Å². The smallest absolute Gasteiger partial charge is 0.319 e. The molecule has 0 heterocycles. The fourth-order valence-electron chi connectivity index (χ4n) is 2.19. The summed E-state index contributed by atoms with van der Waals surface area (Å²) in [5, 5.41) is 12.0. The third-order valence-corrected chi connectivity index (χ3v) is 3.51. The highest BCUT2D eigenvalue weighted by atomic mass is 16.5. The van der Waals surface area contributed by atoms with Crippen LogP contribution in [-0.2, 0) is 14.3 Å². The molecular weight excluding hydrogens is 258 g/mol. The summed E-state index contributed by atoms with van der Waals surface area (Å²) in [6, 6.07) is 2.19. The van der Waals surface area contributed by atoms with Gasteiger partial charge in [0.05, 0.1) is 26.3 Å². The van der Waals surface area contributed by atoms with E-state index >= 15 is 0 Å². The summed E-state index contributed by atoms with van der Waals surface area (Å²) >= 11 is 0. The standard InChI is InChI=1S/C14H23N3O3/c1-4-7-17(9-13(19)20-3)8-12(18)16-14(2,10-15)11-5-6-11/h11H,4-9H2,1-3H3,(H,16,18). The molecule has 1 atom stereocenters. The largest absolute Gasteiger partial charge is 0.468 e. The van der Waals surface area contributed by atoms with E-state index in [2.05, 4.69) is 16.1 Å². The molecule has 1 unspecified atom stereocenters. The van der Waals surface area contributed by atoms with Gasteiger partial charge in [0, 0.05) is 0 Å². The second kappa shape index (κ2) is 7.25. The monoisotopic (exact) mass is 281 g/mol. The normalized spacial score (nSPS) is 17.1. The molecule has 1 aliphatic carbocycles. The van der Waals surface area contributed by atoms with Crippen molar-refractivity contribution >= 4 is 11.9 Å². The van der Waals surface area contributed by atoms with Gasteiger partial charge in [0.15, 0.2) is 0 Å². The average molecular weight is 281 g/mol. The highest BCUT2D eigenvalue weighted by molar-refractivity contribution is 5.80. The molecule has 1 aliphatic rings. The van der Waals surface area contributed by atoms with Gasteiger partial charge in [0.1, 0.15) is 5.54 Å². The van der Waals surface area contributed by atoms with Crippen molar-refractivity contribution in [3.63, 3.8) is 0 Å². The molecule has 6 heteroatoms. The number of hydrogen-bond donors (Lipinski definition) is 1. The zero-order chi connectivity index (χ0) is 15.2. The number of carbonyl (C=O) groups excluding carboxylic acids is 2. The number of nitriles is 1. The SMILES string of the molecule is CCCN(CC(=O)NC(C)(C#N)C1CC1)CC(=O)OC. The molecule has 0 aromatic rings. The number of rotatable bonds is 8. The maximum absolute atomic E-state index is 12.0. The summed E-state index contributed by atoms with van der Waals surface area (Å²) in [5.41, 5.74) is -0.791. The molecule has 0 saturated heterocycles. The second-order valence-corrected chi connectivity index (χ2v) is 5.42. The molecule has 0 spiro atoms. The number of amides is 1. The van der Waals surface area contributed by atoms with Gasteiger partial charge in [0.25, 0.3) is 0 Å². The number of carbonyl (C=O) groups is 2.